The van der Waals surface area contributed by atoms with Gasteiger partial charge < -0.3 is 4.57 Å². The molecule has 0 aliphatic rings. The van der Waals surface area contributed by atoms with Gasteiger partial charge in [-0.3, -0.25) is 0 Å². The minimum atomic E-state index is 0.627. The van der Waals surface area contributed by atoms with Crippen molar-refractivity contribution in [3.05, 3.63) is 170 Å². The Morgan fingerprint density at radius 3 is 1.40 bits per heavy atom. The molecule has 220 valence electrons. The summed E-state index contributed by atoms with van der Waals surface area (Å²) in [5.41, 5.74) is 8.50. The van der Waals surface area contributed by atoms with Crippen LogP contribution in [-0.2, 0) is 0 Å². The molecule has 0 aliphatic heterocycles. The van der Waals surface area contributed by atoms with E-state index in [4.69, 9.17) is 15.0 Å². The van der Waals surface area contributed by atoms with Gasteiger partial charge in [-0.2, -0.15) is 0 Å². The maximum atomic E-state index is 5.25. The van der Waals surface area contributed by atoms with Crippen molar-refractivity contribution in [3.8, 4) is 51.0 Å². The van der Waals surface area contributed by atoms with Crippen LogP contribution in [0.2, 0.25) is 0 Å². The first-order valence-electron chi connectivity index (χ1n) is 15.8. The van der Waals surface area contributed by atoms with Crippen molar-refractivity contribution in [2.75, 3.05) is 0 Å². The van der Waals surface area contributed by atoms with Gasteiger partial charge in [-0.25, -0.2) is 15.0 Å². The summed E-state index contributed by atoms with van der Waals surface area (Å²) in [4.78, 5) is 15.5. The Morgan fingerprint density at radius 2 is 0.745 bits per heavy atom. The number of hydrogen-bond acceptors (Lipinski definition) is 3. The quantitative estimate of drug-likeness (QED) is 0.197. The Bertz CT molecular complexity index is 2520. The normalized spacial score (nSPS) is 11.4. The first kappa shape index (κ1) is 27.0. The third-order valence-corrected chi connectivity index (χ3v) is 8.88. The average molecular weight is 601 g/mol. The zero-order valence-electron chi connectivity index (χ0n) is 25.5. The molecule has 0 atom stereocenters. The monoisotopic (exact) mass is 600 g/mol. The van der Waals surface area contributed by atoms with Crippen LogP contribution in [0.4, 0.5) is 0 Å². The third-order valence-electron chi connectivity index (χ3n) is 8.88. The van der Waals surface area contributed by atoms with Crippen LogP contribution in [0.25, 0.3) is 83.6 Å². The van der Waals surface area contributed by atoms with Crippen LogP contribution in [-0.4, -0.2) is 19.5 Å². The third kappa shape index (κ3) is 4.58. The van der Waals surface area contributed by atoms with Crippen molar-refractivity contribution in [1.82, 2.24) is 19.5 Å². The highest BCUT2D eigenvalue weighted by atomic mass is 15.1. The number of para-hydroxylation sites is 3. The van der Waals surface area contributed by atoms with E-state index in [1.165, 1.54) is 21.9 Å². The second-order valence-corrected chi connectivity index (χ2v) is 11.6. The Kier molecular flexibility index (Phi) is 6.43. The lowest BCUT2D eigenvalue weighted by Crippen LogP contribution is -2.03. The molecule has 47 heavy (non-hydrogen) atoms. The van der Waals surface area contributed by atoms with Gasteiger partial charge in [0.05, 0.1) is 16.7 Å². The summed E-state index contributed by atoms with van der Waals surface area (Å²) in [6.45, 7) is 0. The van der Waals surface area contributed by atoms with E-state index in [9.17, 15) is 0 Å². The molecular weight excluding hydrogens is 573 g/mol. The highest BCUT2D eigenvalue weighted by Crippen LogP contribution is 2.38. The van der Waals surface area contributed by atoms with E-state index in [-0.39, 0.29) is 0 Å². The molecule has 2 heterocycles. The maximum Gasteiger partial charge on any atom is 0.166 e. The lowest BCUT2D eigenvalue weighted by molar-refractivity contribution is 1.07. The minimum absolute atomic E-state index is 0.627. The molecule has 2 aromatic heterocycles. The predicted octanol–water partition coefficient (Wildman–Crippen LogP) is 10.8. The molecule has 0 radical (unpaired) electrons. The number of hydrogen-bond donors (Lipinski definition) is 0. The van der Waals surface area contributed by atoms with Gasteiger partial charge in [0.15, 0.2) is 17.5 Å². The zero-order chi connectivity index (χ0) is 31.2. The summed E-state index contributed by atoms with van der Waals surface area (Å²) < 4.78 is 2.33. The van der Waals surface area contributed by atoms with Crippen LogP contribution >= 0.6 is 0 Å². The van der Waals surface area contributed by atoms with Gasteiger partial charge in [0.1, 0.15) is 0 Å². The van der Waals surface area contributed by atoms with Crippen LogP contribution in [0.5, 0.6) is 0 Å². The van der Waals surface area contributed by atoms with Crippen molar-refractivity contribution in [2.24, 2.45) is 0 Å². The van der Waals surface area contributed by atoms with Crippen LogP contribution < -0.4 is 0 Å². The first-order chi connectivity index (χ1) is 23.3. The van der Waals surface area contributed by atoms with E-state index < -0.39 is 0 Å². The fourth-order valence-corrected chi connectivity index (χ4v) is 6.74. The van der Waals surface area contributed by atoms with E-state index in [1.807, 2.05) is 18.2 Å². The Morgan fingerprint density at radius 1 is 0.298 bits per heavy atom. The largest absolute Gasteiger partial charge is 0.309 e. The number of aromatic nitrogens is 4. The summed E-state index contributed by atoms with van der Waals surface area (Å²) >= 11 is 0. The number of benzene rings is 7. The lowest BCUT2D eigenvalue weighted by Gasteiger charge is -2.15. The van der Waals surface area contributed by atoms with Crippen LogP contribution in [0.1, 0.15) is 0 Å². The molecule has 9 aromatic rings. The second-order valence-electron chi connectivity index (χ2n) is 11.6. The average Bonchev–Trinajstić information content (AvgIpc) is 3.49. The Labute approximate surface area is 272 Å². The zero-order valence-corrected chi connectivity index (χ0v) is 25.5. The minimum Gasteiger partial charge on any atom is -0.309 e. The van der Waals surface area contributed by atoms with Crippen molar-refractivity contribution in [2.45, 2.75) is 0 Å². The smallest absolute Gasteiger partial charge is 0.166 e. The molecular formula is C43H28N4. The molecule has 0 fully saturated rings. The summed E-state index contributed by atoms with van der Waals surface area (Å²) in [6.07, 6.45) is 0. The Balaban J connectivity index is 1.31. The van der Waals surface area contributed by atoms with Crippen LogP contribution in [0.15, 0.2) is 170 Å². The maximum absolute atomic E-state index is 5.25. The number of fused-ring (bicyclic) bond motifs is 4. The van der Waals surface area contributed by atoms with Crippen LogP contribution in [0, 0.1) is 0 Å². The summed E-state index contributed by atoms with van der Waals surface area (Å²) in [5.74, 6) is 1.91. The Hall–Kier alpha value is -6.39. The SMILES string of the molecule is c1ccc(-c2nc(-c3ccccc3-n3c4ccccc4c4ccccc43)nc(-c3ccc(-c4ccccc4)c4ccccc34)n2)cc1. The molecule has 4 heteroatoms. The van der Waals surface area contributed by atoms with E-state index in [1.54, 1.807) is 0 Å². The summed E-state index contributed by atoms with van der Waals surface area (Å²) in [7, 11) is 0. The highest BCUT2D eigenvalue weighted by Gasteiger charge is 2.20. The first-order valence-corrected chi connectivity index (χ1v) is 15.8. The van der Waals surface area contributed by atoms with Crippen molar-refractivity contribution < 1.29 is 0 Å². The molecule has 0 amide bonds. The standard InChI is InChI=1S/C43H28N4/c1-3-15-29(16-4-1)31-27-28-36(33-20-8-7-19-32(31)33)42-44-41(30-17-5-2-6-18-30)45-43(46-42)37-23-11-14-26-40(37)47-38-24-12-9-21-34(38)35-22-10-13-25-39(35)47/h1-28H. The molecule has 0 spiro atoms. The molecule has 0 saturated carbocycles. The van der Waals surface area contributed by atoms with Crippen LogP contribution in [0.3, 0.4) is 0 Å². The topological polar surface area (TPSA) is 43.6 Å². The predicted molar refractivity (Wildman–Crippen MR) is 193 cm³/mol. The second kappa shape index (κ2) is 11.2. The molecule has 0 bridgehead atoms. The van der Waals surface area contributed by atoms with Gasteiger partial charge in [-0.05, 0) is 52.2 Å². The van der Waals surface area contributed by atoms with Crippen molar-refractivity contribution >= 4 is 32.6 Å². The summed E-state index contributed by atoms with van der Waals surface area (Å²) in [6, 6.07) is 59.1. The highest BCUT2D eigenvalue weighted by molar-refractivity contribution is 6.09. The fraction of sp³-hybridized carbons (Fsp3) is 0. The molecule has 0 saturated heterocycles. The van der Waals surface area contributed by atoms with Gasteiger partial charge in [0.25, 0.3) is 0 Å². The van der Waals surface area contributed by atoms with Crippen molar-refractivity contribution in [1.29, 1.82) is 0 Å². The number of rotatable bonds is 5. The van der Waals surface area contributed by atoms with E-state index in [0.717, 1.165) is 44.2 Å². The molecule has 0 unspecified atom stereocenters. The van der Waals surface area contributed by atoms with E-state index in [2.05, 4.69) is 156 Å². The van der Waals surface area contributed by atoms with E-state index >= 15 is 0 Å². The molecule has 4 nitrogen and oxygen atoms in total. The molecule has 7 aromatic carbocycles. The molecule has 9 rings (SSSR count). The summed E-state index contributed by atoms with van der Waals surface area (Å²) in [5, 5.41) is 4.68. The van der Waals surface area contributed by atoms with E-state index in [0.29, 0.717) is 17.5 Å². The van der Waals surface area contributed by atoms with Crippen molar-refractivity contribution in [3.63, 3.8) is 0 Å². The van der Waals surface area contributed by atoms with Gasteiger partial charge in [0.2, 0.25) is 0 Å². The van der Waals surface area contributed by atoms with Gasteiger partial charge in [-0.1, -0.05) is 140 Å². The van der Waals surface area contributed by atoms with Gasteiger partial charge in [-0.15, -0.1) is 0 Å². The molecule has 0 N–H and O–H groups in total. The lowest BCUT2D eigenvalue weighted by atomic mass is 9.94. The van der Waals surface area contributed by atoms with Gasteiger partial charge in [0, 0.05) is 27.5 Å². The molecule has 0 aliphatic carbocycles. The fourth-order valence-electron chi connectivity index (χ4n) is 6.74. The number of nitrogens with zero attached hydrogens (tertiary/aromatic N) is 4. The van der Waals surface area contributed by atoms with Gasteiger partial charge >= 0.3 is 0 Å².